The largest absolute Gasteiger partial charge is 0.445 e. The molecule has 0 spiro atoms. The van der Waals surface area contributed by atoms with Gasteiger partial charge in [-0.1, -0.05) is 78.9 Å². The number of nitrogens with zero attached hydrogens (tertiary/aromatic N) is 2. The first kappa shape index (κ1) is 39.8. The van der Waals surface area contributed by atoms with Crippen LogP contribution in [0.1, 0.15) is 60.3 Å². The number of fused-ring (bicyclic) bond motifs is 1. The first-order valence-electron chi connectivity index (χ1n) is 18.7. The van der Waals surface area contributed by atoms with E-state index >= 15 is 0 Å². The second kappa shape index (κ2) is 19.6. The topological polar surface area (TPSA) is 166 Å². The van der Waals surface area contributed by atoms with Gasteiger partial charge in [-0.2, -0.15) is 0 Å². The number of aromatic nitrogens is 1. The molecule has 0 aliphatic carbocycles. The number of hydrogen-bond donors (Lipinski definition) is 3. The molecule has 1 unspecified atom stereocenters. The molecule has 4 aromatic rings. The zero-order valence-corrected chi connectivity index (χ0v) is 31.5. The molecule has 2 aliphatic rings. The first-order valence-corrected chi connectivity index (χ1v) is 19.6. The van der Waals surface area contributed by atoms with Crippen molar-refractivity contribution < 1.29 is 33.1 Å². The van der Waals surface area contributed by atoms with Crippen LogP contribution in [0.15, 0.2) is 100 Å². The fourth-order valence-corrected chi connectivity index (χ4v) is 7.63. The van der Waals surface area contributed by atoms with Gasteiger partial charge in [0, 0.05) is 17.9 Å². The molecule has 0 bridgehead atoms. The number of hydrogen-bond acceptors (Lipinski definition) is 10. The minimum Gasteiger partial charge on any atom is -0.445 e. The third-order valence-corrected chi connectivity index (χ3v) is 10.7. The maximum absolute atomic E-state index is 14.6. The van der Waals surface area contributed by atoms with Crippen molar-refractivity contribution >= 4 is 54.4 Å². The Bertz CT molecular complexity index is 1910. The highest BCUT2D eigenvalue weighted by Gasteiger charge is 2.44. The van der Waals surface area contributed by atoms with Crippen LogP contribution in [0.25, 0.3) is 11.1 Å². The molecular formula is C41H46BN5O7S. The Morgan fingerprint density at radius 2 is 1.64 bits per heavy atom. The number of oxazole rings is 1. The van der Waals surface area contributed by atoms with E-state index < -0.39 is 47.9 Å². The van der Waals surface area contributed by atoms with Gasteiger partial charge in [0.05, 0.1) is 26.6 Å². The number of nitrogens with one attached hydrogen (secondary N) is 2. The minimum atomic E-state index is -1.02. The van der Waals surface area contributed by atoms with E-state index in [1.807, 2.05) is 66.7 Å². The van der Waals surface area contributed by atoms with E-state index in [1.165, 1.54) is 16.7 Å². The Hall–Kier alpha value is -4.92. The Labute approximate surface area is 326 Å². The van der Waals surface area contributed by atoms with Crippen LogP contribution in [0, 0.1) is 0 Å². The molecule has 12 nitrogen and oxygen atoms in total. The third kappa shape index (κ3) is 11.1. The quantitative estimate of drug-likeness (QED) is 0.0709. The number of ether oxygens (including phenoxy) is 2. The molecule has 3 amide bonds. The number of rotatable bonds is 18. The van der Waals surface area contributed by atoms with Crippen molar-refractivity contribution in [1.29, 1.82) is 0 Å². The Balaban J connectivity index is 1.22. The molecule has 5 atom stereocenters. The summed E-state index contributed by atoms with van der Waals surface area (Å²) in [5.41, 5.74) is 8.52. The van der Waals surface area contributed by atoms with Gasteiger partial charge in [0.15, 0.2) is 5.58 Å². The highest BCUT2D eigenvalue weighted by atomic mass is 32.2. The molecule has 55 heavy (non-hydrogen) atoms. The van der Waals surface area contributed by atoms with Crippen LogP contribution in [0.5, 0.6) is 0 Å². The number of allylic oxidation sites excluding steroid dienone is 1. The van der Waals surface area contributed by atoms with Gasteiger partial charge in [0.1, 0.15) is 24.2 Å². The van der Waals surface area contributed by atoms with E-state index in [-0.39, 0.29) is 37.0 Å². The molecule has 3 aromatic carbocycles. The zero-order chi connectivity index (χ0) is 38.6. The lowest BCUT2D eigenvalue weighted by atomic mass is 10.0. The lowest BCUT2D eigenvalue weighted by Crippen LogP contribution is -2.55. The number of carbonyl (C=O) groups excluding carboxylic acids is 4. The number of nitrogens with two attached hydrogens (primary N) is 1. The summed E-state index contributed by atoms with van der Waals surface area (Å²) in [6.07, 6.45) is 3.92. The summed E-state index contributed by atoms with van der Waals surface area (Å²) in [5, 5.41) is 5.67. The standard InChI is InChI=1S/C41H46BN5O7S/c42-36-21-19-30(55-36)26-52-29-23-34(38(49)44-32(16-9-10-22-43)37(48)39-45-31-15-7-8-17-35(31)54-39)47(24-29)40(50)33(20-18-27-11-3-1-4-12-27)46-41(51)53-25-28-13-5-2-6-14-28/h1-8,11-15,17,19,29,32-34,36H,9-10,16,18,20-26,43H2,(H,44,49)(H,46,51)/t29-,32+,33-,34+,36?/m1/s1. The van der Waals surface area contributed by atoms with Crippen LogP contribution in [0.2, 0.25) is 0 Å². The normalized spacial score (nSPS) is 19.1. The van der Waals surface area contributed by atoms with E-state index in [1.54, 1.807) is 24.3 Å². The van der Waals surface area contributed by atoms with Gasteiger partial charge in [0.2, 0.25) is 17.6 Å². The van der Waals surface area contributed by atoms with Gasteiger partial charge in [-0.15, -0.1) is 11.8 Å². The molecule has 1 aromatic heterocycles. The third-order valence-electron chi connectivity index (χ3n) is 9.64. The number of Topliss-reactive ketones (excluding diaryl/α,β-unsaturated/α-hetero) is 1. The lowest BCUT2D eigenvalue weighted by molar-refractivity contribution is -0.140. The Kier molecular flexibility index (Phi) is 14.2. The summed E-state index contributed by atoms with van der Waals surface area (Å²) in [7, 11) is 6.07. The van der Waals surface area contributed by atoms with Gasteiger partial charge in [-0.25, -0.2) is 9.78 Å². The molecule has 1 saturated heterocycles. The van der Waals surface area contributed by atoms with E-state index in [2.05, 4.69) is 15.6 Å². The highest BCUT2D eigenvalue weighted by molar-refractivity contribution is 8.04. The average Bonchev–Trinajstić information content (AvgIpc) is 3.96. The minimum absolute atomic E-state index is 0.0219. The van der Waals surface area contributed by atoms with Crippen LogP contribution >= 0.6 is 11.8 Å². The number of alkyl carbamates (subject to hydrolysis) is 1. The maximum atomic E-state index is 14.6. The predicted molar refractivity (Wildman–Crippen MR) is 211 cm³/mol. The SMILES string of the molecule is [B]C1CC=C(CO[C@@H]2C[C@@H](C(=O)N[C@@H](CCCCN)C(=O)c3nc4ccccc4o3)N(C(=O)[C@@H](CCc3ccccc3)NC(=O)OCc3ccccc3)C2)S1. The van der Waals surface area contributed by atoms with Gasteiger partial charge >= 0.3 is 6.09 Å². The van der Waals surface area contributed by atoms with Crippen molar-refractivity contribution in [3.05, 3.63) is 113 Å². The van der Waals surface area contributed by atoms with Crippen molar-refractivity contribution in [2.24, 2.45) is 5.73 Å². The fraction of sp³-hybridized carbons (Fsp3) is 0.390. The summed E-state index contributed by atoms with van der Waals surface area (Å²) in [5.74, 6) is -1.57. The number of unbranched alkanes of at least 4 members (excludes halogenated alkanes) is 1. The molecule has 4 N–H and O–H groups in total. The second-order valence-corrected chi connectivity index (χ2v) is 15.1. The van der Waals surface area contributed by atoms with Gasteiger partial charge < -0.3 is 35.2 Å². The molecule has 2 aliphatic heterocycles. The molecular weight excluding hydrogens is 717 g/mol. The molecule has 1 fully saturated rings. The van der Waals surface area contributed by atoms with E-state index in [0.717, 1.165) is 22.5 Å². The summed E-state index contributed by atoms with van der Waals surface area (Å²) < 4.78 is 17.6. The van der Waals surface area contributed by atoms with Crippen molar-refractivity contribution in [2.45, 2.75) is 80.9 Å². The Morgan fingerprint density at radius 1 is 0.909 bits per heavy atom. The second-order valence-electron chi connectivity index (χ2n) is 13.7. The average molecular weight is 764 g/mol. The molecule has 286 valence electrons. The summed E-state index contributed by atoms with van der Waals surface area (Å²) in [4.78, 5) is 62.7. The smallest absolute Gasteiger partial charge is 0.408 e. The number of likely N-dealkylation sites (tertiary alicyclic amines) is 1. The number of benzene rings is 3. The van der Waals surface area contributed by atoms with Crippen LogP contribution in [0.3, 0.4) is 0 Å². The van der Waals surface area contributed by atoms with E-state index in [0.29, 0.717) is 49.9 Å². The number of aryl methyl sites for hydroxylation is 1. The monoisotopic (exact) mass is 763 g/mol. The highest BCUT2D eigenvalue weighted by Crippen LogP contribution is 2.32. The first-order chi connectivity index (χ1) is 26.8. The van der Waals surface area contributed by atoms with Gasteiger partial charge in [-0.3, -0.25) is 14.4 Å². The maximum Gasteiger partial charge on any atom is 0.408 e. The van der Waals surface area contributed by atoms with Crippen molar-refractivity contribution in [2.75, 3.05) is 19.7 Å². The predicted octanol–water partition coefficient (Wildman–Crippen LogP) is 5.05. The summed E-state index contributed by atoms with van der Waals surface area (Å²) >= 11 is 1.53. The molecule has 6 rings (SSSR count). The van der Waals surface area contributed by atoms with Crippen LogP contribution in [-0.2, 0) is 32.1 Å². The molecule has 3 heterocycles. The lowest BCUT2D eigenvalue weighted by Gasteiger charge is -2.29. The number of amides is 3. The molecule has 14 heteroatoms. The van der Waals surface area contributed by atoms with E-state index in [4.69, 9.17) is 27.5 Å². The number of carbonyl (C=O) groups is 4. The van der Waals surface area contributed by atoms with E-state index in [9.17, 15) is 19.2 Å². The molecule has 2 radical (unpaired) electrons. The van der Waals surface area contributed by atoms with Crippen molar-refractivity contribution in [1.82, 2.24) is 20.5 Å². The van der Waals surface area contributed by atoms with Crippen LogP contribution < -0.4 is 16.4 Å². The summed E-state index contributed by atoms with van der Waals surface area (Å²) in [6, 6.07) is 22.9. The Morgan fingerprint density at radius 3 is 2.35 bits per heavy atom. The van der Waals surface area contributed by atoms with Gasteiger partial charge in [-0.05, 0) is 73.5 Å². The molecule has 0 saturated carbocycles. The fourth-order valence-electron chi connectivity index (χ4n) is 6.72. The van der Waals surface area contributed by atoms with Crippen LogP contribution in [-0.4, -0.2) is 90.5 Å². The number of thioether (sulfide) groups is 1. The van der Waals surface area contributed by atoms with Gasteiger partial charge in [0.25, 0.3) is 5.89 Å². The van der Waals surface area contributed by atoms with Crippen molar-refractivity contribution in [3.63, 3.8) is 0 Å². The number of ketones is 1. The zero-order valence-electron chi connectivity index (χ0n) is 30.6. The summed E-state index contributed by atoms with van der Waals surface area (Å²) in [6.45, 7) is 0.833. The number of para-hydroxylation sites is 2. The van der Waals surface area contributed by atoms with Crippen molar-refractivity contribution in [3.8, 4) is 0 Å². The van der Waals surface area contributed by atoms with Crippen LogP contribution in [0.4, 0.5) is 4.79 Å².